The topological polar surface area (TPSA) is 47.0 Å². The Hall–Kier alpha value is -1.51. The van der Waals surface area contributed by atoms with Gasteiger partial charge in [-0.05, 0) is 19.1 Å². The van der Waals surface area contributed by atoms with Crippen molar-refractivity contribution >= 4 is 12.1 Å². The maximum Gasteiger partial charge on any atom is 0.178 e. The molecular formula is C9H9NO2. The summed E-state index contributed by atoms with van der Waals surface area (Å²) in [6.45, 7) is 3.18. The van der Waals surface area contributed by atoms with Gasteiger partial charge >= 0.3 is 0 Å². The SMILES string of the molecule is CC(=O)c1cc(C=O)cc(C)n1. The van der Waals surface area contributed by atoms with Crippen molar-refractivity contribution in [2.45, 2.75) is 13.8 Å². The molecule has 3 nitrogen and oxygen atoms in total. The van der Waals surface area contributed by atoms with E-state index in [1.165, 1.54) is 13.0 Å². The van der Waals surface area contributed by atoms with E-state index in [-0.39, 0.29) is 5.78 Å². The third-order valence-corrected chi connectivity index (χ3v) is 1.47. The van der Waals surface area contributed by atoms with Gasteiger partial charge in [0.25, 0.3) is 0 Å². The van der Waals surface area contributed by atoms with E-state index in [2.05, 4.69) is 4.98 Å². The predicted molar refractivity (Wildman–Crippen MR) is 44.4 cm³/mol. The number of hydrogen-bond donors (Lipinski definition) is 0. The molecule has 0 radical (unpaired) electrons. The molecular weight excluding hydrogens is 154 g/mol. The Morgan fingerprint density at radius 1 is 1.50 bits per heavy atom. The van der Waals surface area contributed by atoms with Gasteiger partial charge in [0.1, 0.15) is 12.0 Å². The van der Waals surface area contributed by atoms with E-state index < -0.39 is 0 Å². The average molecular weight is 163 g/mol. The molecule has 0 aromatic carbocycles. The standard InChI is InChI=1S/C9H9NO2/c1-6-3-8(5-11)4-9(10-6)7(2)12/h3-5H,1-2H3. The zero-order valence-corrected chi connectivity index (χ0v) is 7.00. The van der Waals surface area contributed by atoms with Crippen LogP contribution in [0.15, 0.2) is 12.1 Å². The number of hydrogen-bond acceptors (Lipinski definition) is 3. The predicted octanol–water partition coefficient (Wildman–Crippen LogP) is 1.41. The lowest BCUT2D eigenvalue weighted by molar-refractivity contribution is 0.101. The zero-order valence-electron chi connectivity index (χ0n) is 7.00. The Morgan fingerprint density at radius 2 is 2.17 bits per heavy atom. The number of Topliss-reactive ketones (excluding diaryl/α,β-unsaturated/α-hetero) is 1. The monoisotopic (exact) mass is 163 g/mol. The Bertz CT molecular complexity index is 331. The molecule has 0 spiro atoms. The first-order valence-corrected chi connectivity index (χ1v) is 3.58. The van der Waals surface area contributed by atoms with Gasteiger partial charge in [0.05, 0.1) is 0 Å². The van der Waals surface area contributed by atoms with E-state index in [4.69, 9.17) is 0 Å². The van der Waals surface area contributed by atoms with Gasteiger partial charge < -0.3 is 0 Å². The molecule has 0 unspecified atom stereocenters. The molecule has 1 rings (SSSR count). The van der Waals surface area contributed by atoms with Crippen molar-refractivity contribution in [1.82, 2.24) is 4.98 Å². The minimum Gasteiger partial charge on any atom is -0.298 e. The molecule has 0 saturated heterocycles. The van der Waals surface area contributed by atoms with Gasteiger partial charge in [-0.2, -0.15) is 0 Å². The molecule has 0 amide bonds. The van der Waals surface area contributed by atoms with E-state index in [1.54, 1.807) is 13.0 Å². The number of carbonyl (C=O) groups excluding carboxylic acids is 2. The van der Waals surface area contributed by atoms with Crippen molar-refractivity contribution < 1.29 is 9.59 Å². The van der Waals surface area contributed by atoms with Crippen LogP contribution in [0.5, 0.6) is 0 Å². The smallest absolute Gasteiger partial charge is 0.178 e. The highest BCUT2D eigenvalue weighted by molar-refractivity contribution is 5.93. The van der Waals surface area contributed by atoms with Crippen molar-refractivity contribution in [3.05, 3.63) is 29.1 Å². The lowest BCUT2D eigenvalue weighted by atomic mass is 10.2. The van der Waals surface area contributed by atoms with E-state index >= 15 is 0 Å². The van der Waals surface area contributed by atoms with Crippen LogP contribution in [0.25, 0.3) is 0 Å². The Morgan fingerprint density at radius 3 is 2.67 bits per heavy atom. The van der Waals surface area contributed by atoms with Crippen molar-refractivity contribution in [3.8, 4) is 0 Å². The fourth-order valence-electron chi connectivity index (χ4n) is 0.944. The summed E-state index contributed by atoms with van der Waals surface area (Å²) in [6.07, 6.45) is 0.709. The molecule has 0 fully saturated rings. The van der Waals surface area contributed by atoms with Crippen LogP contribution in [-0.2, 0) is 0 Å². The lowest BCUT2D eigenvalue weighted by Gasteiger charge is -1.98. The van der Waals surface area contributed by atoms with Crippen LogP contribution in [-0.4, -0.2) is 17.1 Å². The van der Waals surface area contributed by atoms with Gasteiger partial charge in [-0.15, -0.1) is 0 Å². The second-order valence-corrected chi connectivity index (χ2v) is 2.60. The van der Waals surface area contributed by atoms with Crippen LogP contribution in [0.3, 0.4) is 0 Å². The summed E-state index contributed by atoms with van der Waals surface area (Å²) in [4.78, 5) is 25.3. The first-order valence-electron chi connectivity index (χ1n) is 3.58. The molecule has 0 bridgehead atoms. The minimum atomic E-state index is -0.123. The maximum atomic E-state index is 10.9. The summed E-state index contributed by atoms with van der Waals surface area (Å²) in [5.41, 5.74) is 1.52. The second-order valence-electron chi connectivity index (χ2n) is 2.60. The summed E-state index contributed by atoms with van der Waals surface area (Å²) in [5, 5.41) is 0. The summed E-state index contributed by atoms with van der Waals surface area (Å²) in [5.74, 6) is -0.123. The molecule has 0 N–H and O–H groups in total. The van der Waals surface area contributed by atoms with Crippen LogP contribution >= 0.6 is 0 Å². The molecule has 0 saturated carbocycles. The van der Waals surface area contributed by atoms with Crippen LogP contribution in [0.2, 0.25) is 0 Å². The van der Waals surface area contributed by atoms with E-state index in [9.17, 15) is 9.59 Å². The quantitative estimate of drug-likeness (QED) is 0.489. The summed E-state index contributed by atoms with van der Waals surface area (Å²) < 4.78 is 0. The van der Waals surface area contributed by atoms with Crippen LogP contribution < -0.4 is 0 Å². The Kier molecular flexibility index (Phi) is 2.33. The van der Waals surface area contributed by atoms with Gasteiger partial charge in [-0.3, -0.25) is 9.59 Å². The number of pyridine rings is 1. The number of carbonyl (C=O) groups is 2. The summed E-state index contributed by atoms with van der Waals surface area (Å²) in [6, 6.07) is 3.13. The molecule has 1 heterocycles. The molecule has 1 aromatic heterocycles. The molecule has 62 valence electrons. The highest BCUT2D eigenvalue weighted by Crippen LogP contribution is 2.03. The van der Waals surface area contributed by atoms with Crippen molar-refractivity contribution in [2.24, 2.45) is 0 Å². The van der Waals surface area contributed by atoms with E-state index in [1.807, 2.05) is 0 Å². The highest BCUT2D eigenvalue weighted by atomic mass is 16.1. The third-order valence-electron chi connectivity index (χ3n) is 1.47. The Balaban J connectivity index is 3.23. The minimum absolute atomic E-state index is 0.123. The number of ketones is 1. The zero-order chi connectivity index (χ0) is 9.14. The number of rotatable bonds is 2. The maximum absolute atomic E-state index is 10.9. The molecule has 12 heavy (non-hydrogen) atoms. The van der Waals surface area contributed by atoms with E-state index in [0.717, 1.165) is 0 Å². The third kappa shape index (κ3) is 1.75. The fourth-order valence-corrected chi connectivity index (χ4v) is 0.944. The van der Waals surface area contributed by atoms with Crippen LogP contribution in [0.1, 0.15) is 33.5 Å². The molecule has 0 aliphatic rings. The largest absolute Gasteiger partial charge is 0.298 e. The van der Waals surface area contributed by atoms with Crippen molar-refractivity contribution in [2.75, 3.05) is 0 Å². The summed E-state index contributed by atoms with van der Waals surface area (Å²) in [7, 11) is 0. The lowest BCUT2D eigenvalue weighted by Crippen LogP contribution is -1.99. The van der Waals surface area contributed by atoms with Crippen LogP contribution in [0, 0.1) is 6.92 Å². The Labute approximate surface area is 70.4 Å². The first kappa shape index (κ1) is 8.59. The number of aromatic nitrogens is 1. The van der Waals surface area contributed by atoms with E-state index in [0.29, 0.717) is 23.2 Å². The molecule has 3 heteroatoms. The number of nitrogens with zero attached hydrogens (tertiary/aromatic N) is 1. The number of aryl methyl sites for hydroxylation is 1. The van der Waals surface area contributed by atoms with Gasteiger partial charge in [0.2, 0.25) is 0 Å². The van der Waals surface area contributed by atoms with Gasteiger partial charge in [-0.25, -0.2) is 4.98 Å². The van der Waals surface area contributed by atoms with Crippen molar-refractivity contribution in [3.63, 3.8) is 0 Å². The second kappa shape index (κ2) is 3.26. The summed E-state index contributed by atoms with van der Waals surface area (Å²) >= 11 is 0. The van der Waals surface area contributed by atoms with Crippen molar-refractivity contribution in [1.29, 1.82) is 0 Å². The molecule has 0 atom stereocenters. The van der Waals surface area contributed by atoms with Crippen LogP contribution in [0.4, 0.5) is 0 Å². The van der Waals surface area contributed by atoms with Gasteiger partial charge in [0, 0.05) is 18.2 Å². The number of aldehydes is 1. The molecule has 0 aliphatic carbocycles. The molecule has 1 aromatic rings. The fraction of sp³-hybridized carbons (Fsp3) is 0.222. The highest BCUT2D eigenvalue weighted by Gasteiger charge is 2.03. The molecule has 0 aliphatic heterocycles. The normalized spacial score (nSPS) is 9.50. The van der Waals surface area contributed by atoms with Gasteiger partial charge in [0.15, 0.2) is 5.78 Å². The first-order chi connectivity index (χ1) is 5.63. The average Bonchev–Trinajstić information content (AvgIpc) is 2.03. The van der Waals surface area contributed by atoms with Gasteiger partial charge in [-0.1, -0.05) is 0 Å².